The lowest BCUT2D eigenvalue weighted by atomic mass is 10.2. The van der Waals surface area contributed by atoms with Gasteiger partial charge in [-0.2, -0.15) is 0 Å². The fourth-order valence-electron chi connectivity index (χ4n) is 3.20. The van der Waals surface area contributed by atoms with Crippen LogP contribution in [0.25, 0.3) is 22.1 Å². The molecular formula is C19H17N3OS. The van der Waals surface area contributed by atoms with Crippen molar-refractivity contribution in [3.63, 3.8) is 0 Å². The maximum atomic E-state index is 12.4. The van der Waals surface area contributed by atoms with Crippen molar-refractivity contribution in [1.29, 1.82) is 0 Å². The van der Waals surface area contributed by atoms with Crippen LogP contribution in [-0.2, 0) is 6.54 Å². The van der Waals surface area contributed by atoms with Crippen molar-refractivity contribution in [2.75, 3.05) is 6.26 Å². The Morgan fingerprint density at radius 2 is 1.79 bits per heavy atom. The lowest BCUT2D eigenvalue weighted by molar-refractivity contribution is 0.0945. The highest BCUT2D eigenvalue weighted by molar-refractivity contribution is 7.98. The van der Waals surface area contributed by atoms with E-state index in [4.69, 9.17) is 4.98 Å². The predicted molar refractivity (Wildman–Crippen MR) is 98.9 cm³/mol. The molecule has 4 nitrogen and oxygen atoms in total. The summed E-state index contributed by atoms with van der Waals surface area (Å²) < 4.78 is 3.91. The summed E-state index contributed by atoms with van der Waals surface area (Å²) in [6.45, 7) is 2.29. The zero-order valence-electron chi connectivity index (χ0n) is 13.6. The van der Waals surface area contributed by atoms with Crippen LogP contribution in [0.5, 0.6) is 0 Å². The van der Waals surface area contributed by atoms with Gasteiger partial charge in [-0.1, -0.05) is 60.3 Å². The highest BCUT2D eigenvalue weighted by atomic mass is 32.2. The number of thioether (sulfide) groups is 1. The number of fused-ring (bicyclic) bond motifs is 3. The summed E-state index contributed by atoms with van der Waals surface area (Å²) in [6.07, 6.45) is 2.02. The molecule has 0 N–H and O–H groups in total. The lowest BCUT2D eigenvalue weighted by Crippen LogP contribution is -2.11. The van der Waals surface area contributed by atoms with Crippen molar-refractivity contribution in [2.24, 2.45) is 0 Å². The predicted octanol–water partition coefficient (Wildman–Crippen LogP) is 4.42. The molecule has 0 fully saturated rings. The van der Waals surface area contributed by atoms with Gasteiger partial charge in [0.25, 0.3) is 0 Å². The van der Waals surface area contributed by atoms with Gasteiger partial charge in [0.1, 0.15) is 11.2 Å². The zero-order chi connectivity index (χ0) is 16.7. The van der Waals surface area contributed by atoms with Gasteiger partial charge in [0.15, 0.2) is 5.16 Å². The molecule has 4 aromatic rings. The Balaban J connectivity index is 2.06. The average Bonchev–Trinajstić information content (AvgIpc) is 3.10. The van der Waals surface area contributed by atoms with E-state index in [0.29, 0.717) is 6.54 Å². The van der Waals surface area contributed by atoms with Crippen molar-refractivity contribution in [3.8, 4) is 0 Å². The number of hydrogen-bond donors (Lipinski definition) is 0. The number of rotatable bonds is 3. The normalized spacial score (nSPS) is 11.4. The molecule has 2 heterocycles. The Bertz CT molecular complexity index is 1050. The van der Waals surface area contributed by atoms with Crippen molar-refractivity contribution in [1.82, 2.24) is 14.1 Å². The molecule has 2 aromatic heterocycles. The first-order valence-corrected chi connectivity index (χ1v) is 9.01. The highest BCUT2D eigenvalue weighted by Crippen LogP contribution is 2.32. The Kier molecular flexibility index (Phi) is 3.65. The van der Waals surface area contributed by atoms with E-state index >= 15 is 0 Å². The minimum Gasteiger partial charge on any atom is -0.300 e. The number of imidazole rings is 1. The SMILES string of the molecule is CSc1nc2c3ccccc3n(C(C)=O)c2n1Cc1ccccc1. The van der Waals surface area contributed by atoms with Gasteiger partial charge in [-0.15, -0.1) is 0 Å². The summed E-state index contributed by atoms with van der Waals surface area (Å²) >= 11 is 1.60. The number of nitrogens with zero attached hydrogens (tertiary/aromatic N) is 3. The lowest BCUT2D eigenvalue weighted by Gasteiger charge is -2.10. The first-order chi connectivity index (χ1) is 11.7. The minimum absolute atomic E-state index is 0.00284. The molecule has 2 aromatic carbocycles. The van der Waals surface area contributed by atoms with Gasteiger partial charge in [0.05, 0.1) is 12.1 Å². The standard InChI is InChI=1S/C19H17N3OS/c1-13(23)22-16-11-7-6-10-15(16)17-18(22)21(19(20-17)24-2)12-14-8-4-3-5-9-14/h3-11H,12H2,1-2H3. The van der Waals surface area contributed by atoms with Crippen LogP contribution in [0.1, 0.15) is 17.3 Å². The summed E-state index contributed by atoms with van der Waals surface area (Å²) in [5.41, 5.74) is 3.86. The van der Waals surface area contributed by atoms with E-state index < -0.39 is 0 Å². The van der Waals surface area contributed by atoms with Crippen LogP contribution >= 0.6 is 11.8 Å². The summed E-state index contributed by atoms with van der Waals surface area (Å²) in [4.78, 5) is 17.2. The Labute approximate surface area is 144 Å². The van der Waals surface area contributed by atoms with Gasteiger partial charge in [-0.25, -0.2) is 4.98 Å². The molecule has 0 saturated carbocycles. The first-order valence-electron chi connectivity index (χ1n) is 7.79. The number of carbonyl (C=O) groups is 1. The molecule has 0 amide bonds. The molecule has 0 aliphatic heterocycles. The second kappa shape index (κ2) is 5.83. The largest absolute Gasteiger partial charge is 0.300 e. The quantitative estimate of drug-likeness (QED) is 0.520. The fraction of sp³-hybridized carbons (Fsp3) is 0.158. The molecule has 24 heavy (non-hydrogen) atoms. The van der Waals surface area contributed by atoms with E-state index in [9.17, 15) is 4.79 Å². The molecule has 0 radical (unpaired) electrons. The van der Waals surface area contributed by atoms with Gasteiger partial charge < -0.3 is 4.57 Å². The second-order valence-electron chi connectivity index (χ2n) is 5.71. The van der Waals surface area contributed by atoms with Crippen molar-refractivity contribution in [3.05, 3.63) is 60.2 Å². The molecule has 0 aliphatic rings. The Hall–Kier alpha value is -2.53. The number of benzene rings is 2. The third-order valence-corrected chi connectivity index (χ3v) is 4.88. The second-order valence-corrected chi connectivity index (χ2v) is 6.49. The van der Waals surface area contributed by atoms with Crippen molar-refractivity contribution in [2.45, 2.75) is 18.6 Å². The summed E-state index contributed by atoms with van der Waals surface area (Å²) in [7, 11) is 0. The molecule has 0 atom stereocenters. The van der Waals surface area contributed by atoms with Crippen LogP contribution in [0.15, 0.2) is 59.8 Å². The molecule has 0 spiro atoms. The molecule has 4 rings (SSSR count). The summed E-state index contributed by atoms with van der Waals surface area (Å²) in [6, 6.07) is 18.2. The molecular weight excluding hydrogens is 318 g/mol. The summed E-state index contributed by atoms with van der Waals surface area (Å²) in [5.74, 6) is 0.00284. The zero-order valence-corrected chi connectivity index (χ0v) is 14.4. The monoisotopic (exact) mass is 335 g/mol. The van der Waals surface area contributed by atoms with E-state index in [-0.39, 0.29) is 5.91 Å². The van der Waals surface area contributed by atoms with Crippen LogP contribution in [-0.4, -0.2) is 26.3 Å². The Morgan fingerprint density at radius 3 is 2.50 bits per heavy atom. The minimum atomic E-state index is 0.00284. The molecule has 0 saturated heterocycles. The maximum absolute atomic E-state index is 12.4. The van der Waals surface area contributed by atoms with E-state index in [1.165, 1.54) is 5.56 Å². The highest BCUT2D eigenvalue weighted by Gasteiger charge is 2.21. The Morgan fingerprint density at radius 1 is 1.08 bits per heavy atom. The van der Waals surface area contributed by atoms with Crippen LogP contribution in [0.4, 0.5) is 0 Å². The van der Waals surface area contributed by atoms with Crippen LogP contribution in [0, 0.1) is 0 Å². The third kappa shape index (κ3) is 2.24. The van der Waals surface area contributed by atoms with E-state index in [1.807, 2.05) is 48.7 Å². The van der Waals surface area contributed by atoms with Gasteiger partial charge in [0, 0.05) is 12.3 Å². The van der Waals surface area contributed by atoms with Crippen LogP contribution < -0.4 is 0 Å². The molecule has 0 unspecified atom stereocenters. The van der Waals surface area contributed by atoms with Gasteiger partial charge in [-0.3, -0.25) is 9.36 Å². The van der Waals surface area contributed by atoms with Crippen molar-refractivity contribution >= 4 is 39.7 Å². The average molecular weight is 335 g/mol. The maximum Gasteiger partial charge on any atom is 0.229 e. The van der Waals surface area contributed by atoms with Gasteiger partial charge in [0.2, 0.25) is 5.91 Å². The van der Waals surface area contributed by atoms with Gasteiger partial charge in [-0.05, 0) is 17.9 Å². The molecule has 120 valence electrons. The molecule has 5 heteroatoms. The van der Waals surface area contributed by atoms with Crippen LogP contribution in [0.3, 0.4) is 0 Å². The van der Waals surface area contributed by atoms with E-state index in [0.717, 1.165) is 27.2 Å². The van der Waals surface area contributed by atoms with Crippen LogP contribution in [0.2, 0.25) is 0 Å². The molecule has 0 aliphatic carbocycles. The van der Waals surface area contributed by atoms with Gasteiger partial charge >= 0.3 is 0 Å². The number of aromatic nitrogens is 3. The van der Waals surface area contributed by atoms with E-state index in [1.54, 1.807) is 23.3 Å². The third-order valence-electron chi connectivity index (χ3n) is 4.20. The number of para-hydroxylation sites is 1. The molecule has 0 bridgehead atoms. The topological polar surface area (TPSA) is 39.8 Å². The summed E-state index contributed by atoms with van der Waals surface area (Å²) in [5, 5.41) is 1.94. The smallest absolute Gasteiger partial charge is 0.229 e. The van der Waals surface area contributed by atoms with Crippen molar-refractivity contribution < 1.29 is 4.79 Å². The number of hydrogen-bond acceptors (Lipinski definition) is 3. The first kappa shape index (κ1) is 15.0. The number of carbonyl (C=O) groups excluding carboxylic acids is 1. The fourth-order valence-corrected chi connectivity index (χ4v) is 3.75. The van der Waals surface area contributed by atoms with E-state index in [2.05, 4.69) is 16.7 Å².